The Morgan fingerprint density at radius 2 is 1.69 bits per heavy atom. The predicted octanol–water partition coefficient (Wildman–Crippen LogP) is 7.32. The molecule has 1 saturated heterocycles. The number of hydrogen-bond donors (Lipinski definition) is 0. The molecule has 0 aromatic heterocycles. The van der Waals surface area contributed by atoms with E-state index >= 15 is 0 Å². The van der Waals surface area contributed by atoms with E-state index in [0.717, 1.165) is 33.7 Å². The van der Waals surface area contributed by atoms with Crippen molar-refractivity contribution < 1.29 is 19.1 Å². The van der Waals surface area contributed by atoms with Crippen LogP contribution in [0.25, 0.3) is 16.8 Å². The van der Waals surface area contributed by atoms with Gasteiger partial charge in [0.2, 0.25) is 0 Å². The van der Waals surface area contributed by atoms with Gasteiger partial charge >= 0.3 is 0 Å². The number of fused-ring (bicyclic) bond motifs is 1. The minimum atomic E-state index is -0.332. The lowest BCUT2D eigenvalue weighted by atomic mass is 10.1. The molecule has 0 N–H and O–H groups in total. The number of halogens is 1. The van der Waals surface area contributed by atoms with Gasteiger partial charge in [-0.1, -0.05) is 72.3 Å². The summed E-state index contributed by atoms with van der Waals surface area (Å²) in [6, 6.07) is 26.8. The van der Waals surface area contributed by atoms with Crippen molar-refractivity contribution in [2.75, 3.05) is 7.11 Å². The summed E-state index contributed by atoms with van der Waals surface area (Å²) in [6.07, 6.45) is 1.68. The van der Waals surface area contributed by atoms with E-state index in [-0.39, 0.29) is 24.3 Å². The average Bonchev–Trinajstić information content (AvgIpc) is 3.15. The number of hydrogen-bond acceptors (Lipinski definition) is 5. The van der Waals surface area contributed by atoms with Gasteiger partial charge in [-0.05, 0) is 64.0 Å². The number of amides is 2. The molecular formula is C29H22ClNO4S. The molecular weight excluding hydrogens is 494 g/mol. The molecule has 0 saturated carbocycles. The first-order chi connectivity index (χ1) is 17.5. The van der Waals surface area contributed by atoms with Gasteiger partial charge in [0, 0.05) is 10.6 Å². The Hall–Kier alpha value is -3.74. The topological polar surface area (TPSA) is 55.8 Å². The zero-order valence-electron chi connectivity index (χ0n) is 19.4. The number of carbonyl (C=O) groups excluding carboxylic acids is 2. The number of nitrogens with zero attached hydrogens (tertiary/aromatic N) is 1. The van der Waals surface area contributed by atoms with Crippen molar-refractivity contribution >= 4 is 51.4 Å². The number of rotatable bonds is 7. The van der Waals surface area contributed by atoms with Gasteiger partial charge < -0.3 is 9.47 Å². The van der Waals surface area contributed by atoms with Crippen molar-refractivity contribution in [2.24, 2.45) is 0 Å². The van der Waals surface area contributed by atoms with Gasteiger partial charge in [-0.25, -0.2) is 0 Å². The molecule has 0 spiro atoms. The highest BCUT2D eigenvalue weighted by Gasteiger charge is 2.35. The van der Waals surface area contributed by atoms with Gasteiger partial charge in [-0.3, -0.25) is 14.5 Å². The van der Waals surface area contributed by atoms with E-state index in [9.17, 15) is 9.59 Å². The summed E-state index contributed by atoms with van der Waals surface area (Å²) in [5.74, 6) is 0.684. The van der Waals surface area contributed by atoms with Gasteiger partial charge in [0.1, 0.15) is 6.61 Å². The van der Waals surface area contributed by atoms with Crippen LogP contribution in [-0.2, 0) is 17.9 Å². The Bertz CT molecular complexity index is 1500. The minimum absolute atomic E-state index is 0.211. The summed E-state index contributed by atoms with van der Waals surface area (Å²) in [5.41, 5.74) is 2.44. The van der Waals surface area contributed by atoms with Gasteiger partial charge in [-0.15, -0.1) is 0 Å². The number of benzene rings is 4. The lowest BCUT2D eigenvalue weighted by Gasteiger charge is -2.14. The summed E-state index contributed by atoms with van der Waals surface area (Å²) in [4.78, 5) is 27.6. The van der Waals surface area contributed by atoms with Crippen LogP contribution in [0.1, 0.15) is 16.7 Å². The second kappa shape index (κ2) is 10.5. The van der Waals surface area contributed by atoms with Crippen molar-refractivity contribution in [3.63, 3.8) is 0 Å². The number of imide groups is 1. The van der Waals surface area contributed by atoms with Crippen LogP contribution in [0.4, 0.5) is 4.79 Å². The van der Waals surface area contributed by atoms with E-state index in [1.807, 2.05) is 72.8 Å². The number of methoxy groups -OCH3 is 1. The van der Waals surface area contributed by atoms with Gasteiger partial charge in [0.25, 0.3) is 11.1 Å². The van der Waals surface area contributed by atoms with Crippen molar-refractivity contribution in [3.05, 3.63) is 112 Å². The Morgan fingerprint density at radius 3 is 2.50 bits per heavy atom. The maximum Gasteiger partial charge on any atom is 0.293 e. The van der Waals surface area contributed by atoms with Crippen LogP contribution >= 0.6 is 23.4 Å². The molecule has 4 aromatic carbocycles. The first-order valence-electron chi connectivity index (χ1n) is 11.3. The molecule has 7 heteroatoms. The zero-order valence-corrected chi connectivity index (χ0v) is 21.0. The van der Waals surface area contributed by atoms with E-state index in [1.165, 1.54) is 4.90 Å². The molecule has 0 aliphatic carbocycles. The molecule has 0 radical (unpaired) electrons. The van der Waals surface area contributed by atoms with E-state index in [2.05, 4.69) is 0 Å². The van der Waals surface area contributed by atoms with E-state index < -0.39 is 0 Å². The third-order valence-electron chi connectivity index (χ3n) is 5.82. The van der Waals surface area contributed by atoms with Crippen LogP contribution < -0.4 is 9.47 Å². The second-order valence-electron chi connectivity index (χ2n) is 8.25. The molecule has 5 rings (SSSR count). The molecule has 1 heterocycles. The fourth-order valence-corrected chi connectivity index (χ4v) is 5.08. The molecule has 0 atom stereocenters. The van der Waals surface area contributed by atoms with E-state index in [4.69, 9.17) is 21.1 Å². The molecule has 4 aromatic rings. The normalized spacial score (nSPS) is 14.6. The predicted molar refractivity (Wildman–Crippen MR) is 144 cm³/mol. The highest BCUT2D eigenvalue weighted by Crippen LogP contribution is 2.38. The van der Waals surface area contributed by atoms with Gasteiger partial charge in [-0.2, -0.15) is 0 Å². The Labute approximate surface area is 218 Å². The van der Waals surface area contributed by atoms with Crippen LogP contribution in [0.3, 0.4) is 0 Å². The maximum absolute atomic E-state index is 13.2. The largest absolute Gasteiger partial charge is 0.493 e. The highest BCUT2D eigenvalue weighted by atomic mass is 35.5. The van der Waals surface area contributed by atoms with Gasteiger partial charge in [0.05, 0.1) is 18.6 Å². The Kier molecular flexibility index (Phi) is 6.98. The molecule has 36 heavy (non-hydrogen) atoms. The first-order valence-corrected chi connectivity index (χ1v) is 12.5. The monoisotopic (exact) mass is 515 g/mol. The molecule has 2 amide bonds. The van der Waals surface area contributed by atoms with E-state index in [1.54, 1.807) is 25.3 Å². The highest BCUT2D eigenvalue weighted by molar-refractivity contribution is 8.18. The van der Waals surface area contributed by atoms with Crippen LogP contribution in [0.5, 0.6) is 11.5 Å². The average molecular weight is 516 g/mol. The molecule has 0 bridgehead atoms. The fourth-order valence-electron chi connectivity index (χ4n) is 4.04. The summed E-state index contributed by atoms with van der Waals surface area (Å²) in [6.45, 7) is 0.480. The summed E-state index contributed by atoms with van der Waals surface area (Å²) < 4.78 is 11.6. The third-order valence-corrected chi connectivity index (χ3v) is 6.96. The van der Waals surface area contributed by atoms with Crippen molar-refractivity contribution in [3.8, 4) is 11.5 Å². The standard InChI is InChI=1S/C29H22ClNO4S/c1-34-25-11-5-9-23(27(25)35-18-20-6-4-10-24(30)15-20)16-26-28(32)31(29(33)36-26)17-19-12-13-21-7-2-3-8-22(21)14-19/h2-16H,17-18H2,1H3/b26-16-. The van der Waals surface area contributed by atoms with Crippen molar-refractivity contribution in [1.82, 2.24) is 4.90 Å². The lowest BCUT2D eigenvalue weighted by molar-refractivity contribution is -0.123. The molecule has 5 nitrogen and oxygen atoms in total. The molecule has 0 unspecified atom stereocenters. The Morgan fingerprint density at radius 1 is 0.889 bits per heavy atom. The smallest absolute Gasteiger partial charge is 0.293 e. The van der Waals surface area contributed by atoms with Crippen LogP contribution in [0.15, 0.2) is 89.8 Å². The van der Waals surface area contributed by atoms with E-state index in [0.29, 0.717) is 27.0 Å². The maximum atomic E-state index is 13.2. The summed E-state index contributed by atoms with van der Waals surface area (Å²) >= 11 is 7.02. The van der Waals surface area contributed by atoms with Gasteiger partial charge in [0.15, 0.2) is 11.5 Å². The van der Waals surface area contributed by atoms with Crippen LogP contribution in [0, 0.1) is 0 Å². The quantitative estimate of drug-likeness (QED) is 0.241. The molecule has 1 aliphatic heterocycles. The lowest BCUT2D eigenvalue weighted by Crippen LogP contribution is -2.27. The second-order valence-corrected chi connectivity index (χ2v) is 9.68. The summed E-state index contributed by atoms with van der Waals surface area (Å²) in [7, 11) is 1.56. The fraction of sp³-hybridized carbons (Fsp3) is 0.103. The Balaban J connectivity index is 1.39. The SMILES string of the molecule is COc1cccc(/C=C2\SC(=O)N(Cc3ccc4ccccc4c3)C2=O)c1OCc1cccc(Cl)c1. The first kappa shape index (κ1) is 24.0. The number of ether oxygens (including phenoxy) is 2. The third kappa shape index (κ3) is 5.10. The number of carbonyl (C=O) groups is 2. The van der Waals surface area contributed by atoms with Crippen LogP contribution in [-0.4, -0.2) is 23.2 Å². The number of thioether (sulfide) groups is 1. The molecule has 1 fully saturated rings. The zero-order chi connectivity index (χ0) is 25.1. The van der Waals surface area contributed by atoms with Crippen molar-refractivity contribution in [1.29, 1.82) is 0 Å². The molecule has 180 valence electrons. The number of para-hydroxylation sites is 1. The van der Waals surface area contributed by atoms with Crippen LogP contribution in [0.2, 0.25) is 5.02 Å². The minimum Gasteiger partial charge on any atom is -0.493 e. The summed E-state index contributed by atoms with van der Waals surface area (Å²) in [5, 5.41) is 2.49. The molecule has 1 aliphatic rings. The van der Waals surface area contributed by atoms with Crippen molar-refractivity contribution in [2.45, 2.75) is 13.2 Å².